The number of nitrogens with two attached hydrogens (primary N) is 1. The number of hydrogen-bond acceptors (Lipinski definition) is 2. The Hall–Kier alpha value is -2.03. The molecule has 2 aromatic rings. The van der Waals surface area contributed by atoms with E-state index < -0.39 is 0 Å². The Morgan fingerprint density at radius 3 is 2.00 bits per heavy atom. The van der Waals surface area contributed by atoms with Gasteiger partial charge in [0.25, 0.3) is 0 Å². The normalized spacial score (nSPS) is 10.3. The van der Waals surface area contributed by atoms with E-state index in [2.05, 4.69) is 0 Å². The molecule has 2 nitrogen and oxygen atoms in total. The number of nitrogen functional groups attached to an aromatic ring is 1. The molecule has 2 rings (SSSR count). The zero-order valence-electron chi connectivity index (χ0n) is 9.83. The Morgan fingerprint density at radius 1 is 0.941 bits per heavy atom. The smallest absolute Gasteiger partial charge is 0.128 e. The molecule has 0 aliphatic rings. The van der Waals surface area contributed by atoms with Crippen molar-refractivity contribution in [1.29, 1.82) is 0 Å². The number of halogens is 1. The molecule has 0 aromatic heterocycles. The fourth-order valence-corrected chi connectivity index (χ4v) is 1.63. The van der Waals surface area contributed by atoms with Crippen LogP contribution >= 0.6 is 0 Å². The van der Waals surface area contributed by atoms with Crippen LogP contribution in [-0.4, -0.2) is 0 Å². The van der Waals surface area contributed by atoms with Crippen molar-refractivity contribution in [1.82, 2.24) is 0 Å². The molecule has 2 N–H and O–H groups in total. The summed E-state index contributed by atoms with van der Waals surface area (Å²) in [6, 6.07) is 9.66. The molecule has 0 aliphatic carbocycles. The Labute approximate surface area is 99.8 Å². The number of rotatable bonds is 2. The summed E-state index contributed by atoms with van der Waals surface area (Å²) in [6.45, 7) is 3.86. The van der Waals surface area contributed by atoms with Crippen molar-refractivity contribution < 1.29 is 9.13 Å². The summed E-state index contributed by atoms with van der Waals surface area (Å²) >= 11 is 0. The first-order valence-electron chi connectivity index (χ1n) is 5.36. The van der Waals surface area contributed by atoms with Crippen molar-refractivity contribution >= 4 is 5.69 Å². The zero-order valence-corrected chi connectivity index (χ0v) is 9.83. The Kier molecular flexibility index (Phi) is 3.00. The first kappa shape index (κ1) is 11.5. The van der Waals surface area contributed by atoms with Gasteiger partial charge in [0.2, 0.25) is 0 Å². The van der Waals surface area contributed by atoms with E-state index in [4.69, 9.17) is 10.5 Å². The van der Waals surface area contributed by atoms with E-state index in [0.717, 1.165) is 16.8 Å². The quantitative estimate of drug-likeness (QED) is 0.797. The number of ether oxygens (including phenoxy) is 1. The maximum absolute atomic E-state index is 12.7. The molecule has 0 atom stereocenters. The van der Waals surface area contributed by atoms with Gasteiger partial charge in [-0.25, -0.2) is 4.39 Å². The maximum atomic E-state index is 12.7. The molecule has 0 saturated carbocycles. The highest BCUT2D eigenvalue weighted by molar-refractivity contribution is 5.56. The van der Waals surface area contributed by atoms with E-state index in [1.165, 1.54) is 12.1 Å². The van der Waals surface area contributed by atoms with Gasteiger partial charge in [0, 0.05) is 5.69 Å². The molecule has 0 heterocycles. The summed E-state index contributed by atoms with van der Waals surface area (Å²) in [5.41, 5.74) is 8.58. The van der Waals surface area contributed by atoms with Crippen LogP contribution in [0.25, 0.3) is 0 Å². The highest BCUT2D eigenvalue weighted by atomic mass is 19.1. The molecule has 0 radical (unpaired) electrons. The third kappa shape index (κ3) is 2.56. The lowest BCUT2D eigenvalue weighted by molar-refractivity contribution is 0.480. The fourth-order valence-electron chi connectivity index (χ4n) is 1.63. The Bertz CT molecular complexity index is 511. The molecule has 88 valence electrons. The van der Waals surface area contributed by atoms with Gasteiger partial charge in [-0.2, -0.15) is 0 Å². The van der Waals surface area contributed by atoms with Gasteiger partial charge in [-0.05, 0) is 61.4 Å². The molecule has 3 heteroatoms. The third-order valence-corrected chi connectivity index (χ3v) is 2.62. The van der Waals surface area contributed by atoms with Crippen molar-refractivity contribution in [3.63, 3.8) is 0 Å². The summed E-state index contributed by atoms with van der Waals surface area (Å²) in [7, 11) is 0. The van der Waals surface area contributed by atoms with E-state index in [9.17, 15) is 4.39 Å². The zero-order chi connectivity index (χ0) is 12.4. The van der Waals surface area contributed by atoms with Crippen LogP contribution in [0.2, 0.25) is 0 Å². The van der Waals surface area contributed by atoms with Crippen LogP contribution in [-0.2, 0) is 0 Å². The first-order valence-corrected chi connectivity index (χ1v) is 5.36. The molecule has 17 heavy (non-hydrogen) atoms. The summed E-state index contributed by atoms with van der Waals surface area (Å²) in [5.74, 6) is 1.04. The van der Waals surface area contributed by atoms with Gasteiger partial charge in [-0.3, -0.25) is 0 Å². The number of aryl methyl sites for hydroxylation is 2. The molecule has 0 fully saturated rings. The van der Waals surface area contributed by atoms with Crippen LogP contribution in [0.15, 0.2) is 36.4 Å². The first-order chi connectivity index (χ1) is 8.06. The van der Waals surface area contributed by atoms with Gasteiger partial charge in [0.1, 0.15) is 17.3 Å². The van der Waals surface area contributed by atoms with E-state index in [0.29, 0.717) is 11.5 Å². The van der Waals surface area contributed by atoms with Crippen molar-refractivity contribution in [3.8, 4) is 11.5 Å². The second-order valence-electron chi connectivity index (χ2n) is 4.03. The maximum Gasteiger partial charge on any atom is 0.128 e. The average Bonchev–Trinajstić information content (AvgIpc) is 2.29. The molecule has 0 amide bonds. The van der Waals surface area contributed by atoms with E-state index >= 15 is 0 Å². The molecule has 0 aliphatic heterocycles. The molecule has 0 saturated heterocycles. The monoisotopic (exact) mass is 231 g/mol. The summed E-state index contributed by atoms with van der Waals surface area (Å²) in [5, 5.41) is 0. The second kappa shape index (κ2) is 4.45. The summed E-state index contributed by atoms with van der Waals surface area (Å²) < 4.78 is 18.4. The lowest BCUT2D eigenvalue weighted by atomic mass is 10.1. The van der Waals surface area contributed by atoms with E-state index in [-0.39, 0.29) is 5.82 Å². The predicted molar refractivity (Wildman–Crippen MR) is 66.8 cm³/mol. The fraction of sp³-hybridized carbons (Fsp3) is 0.143. The van der Waals surface area contributed by atoms with E-state index in [1.807, 2.05) is 26.0 Å². The van der Waals surface area contributed by atoms with Crippen LogP contribution in [0.3, 0.4) is 0 Å². The van der Waals surface area contributed by atoms with Crippen molar-refractivity contribution in [2.45, 2.75) is 13.8 Å². The van der Waals surface area contributed by atoms with Crippen molar-refractivity contribution in [3.05, 3.63) is 53.3 Å². The topological polar surface area (TPSA) is 35.2 Å². The minimum atomic E-state index is -0.276. The number of anilines is 1. The molecule has 0 spiro atoms. The van der Waals surface area contributed by atoms with Crippen LogP contribution in [0.4, 0.5) is 10.1 Å². The SMILES string of the molecule is Cc1cc(Oc2ccc(F)cc2)cc(C)c1N. The number of benzene rings is 2. The largest absolute Gasteiger partial charge is 0.457 e. The van der Waals surface area contributed by atoms with E-state index in [1.54, 1.807) is 12.1 Å². The van der Waals surface area contributed by atoms with Crippen LogP contribution in [0.5, 0.6) is 11.5 Å². The highest BCUT2D eigenvalue weighted by Gasteiger charge is 2.03. The number of hydrogen-bond donors (Lipinski definition) is 1. The molecule has 0 unspecified atom stereocenters. The standard InChI is InChI=1S/C14H14FNO/c1-9-7-13(8-10(2)14(9)16)17-12-5-3-11(15)4-6-12/h3-8H,16H2,1-2H3. The summed E-state index contributed by atoms with van der Waals surface area (Å²) in [4.78, 5) is 0. The molecule has 0 bridgehead atoms. The van der Waals surface area contributed by atoms with Gasteiger partial charge < -0.3 is 10.5 Å². The minimum absolute atomic E-state index is 0.276. The van der Waals surface area contributed by atoms with Gasteiger partial charge in [0.05, 0.1) is 0 Å². The van der Waals surface area contributed by atoms with Gasteiger partial charge >= 0.3 is 0 Å². The second-order valence-corrected chi connectivity index (χ2v) is 4.03. The Balaban J connectivity index is 2.27. The van der Waals surface area contributed by atoms with Gasteiger partial charge in [0.15, 0.2) is 0 Å². The minimum Gasteiger partial charge on any atom is -0.457 e. The average molecular weight is 231 g/mol. The predicted octanol–water partition coefficient (Wildman–Crippen LogP) is 3.82. The highest BCUT2D eigenvalue weighted by Crippen LogP contribution is 2.27. The van der Waals surface area contributed by atoms with Crippen LogP contribution < -0.4 is 10.5 Å². The van der Waals surface area contributed by atoms with Crippen molar-refractivity contribution in [2.24, 2.45) is 0 Å². The molecular formula is C14H14FNO. The molecular weight excluding hydrogens is 217 g/mol. The van der Waals surface area contributed by atoms with Gasteiger partial charge in [-0.15, -0.1) is 0 Å². The van der Waals surface area contributed by atoms with Crippen LogP contribution in [0, 0.1) is 19.7 Å². The summed E-state index contributed by atoms with van der Waals surface area (Å²) in [6.07, 6.45) is 0. The molecule has 2 aromatic carbocycles. The van der Waals surface area contributed by atoms with Gasteiger partial charge in [-0.1, -0.05) is 0 Å². The Morgan fingerprint density at radius 2 is 1.47 bits per heavy atom. The van der Waals surface area contributed by atoms with Crippen LogP contribution in [0.1, 0.15) is 11.1 Å². The lowest BCUT2D eigenvalue weighted by Gasteiger charge is -2.10. The van der Waals surface area contributed by atoms with Crippen molar-refractivity contribution in [2.75, 3.05) is 5.73 Å². The third-order valence-electron chi connectivity index (χ3n) is 2.62. The lowest BCUT2D eigenvalue weighted by Crippen LogP contribution is -1.95.